The van der Waals surface area contributed by atoms with E-state index < -0.39 is 11.7 Å². The number of methoxy groups -OCH3 is 1. The molecule has 35 heavy (non-hydrogen) atoms. The van der Waals surface area contributed by atoms with E-state index in [1.807, 2.05) is 60.0 Å². The second-order valence-electron chi connectivity index (χ2n) is 9.88. The number of hydrogen-bond acceptors (Lipinski definition) is 2. The lowest BCUT2D eigenvalue weighted by Crippen LogP contribution is -2.24. The Balaban J connectivity index is 2.00. The molecule has 3 aromatic carbocycles. The number of ether oxygens (including phenoxy) is 1. The van der Waals surface area contributed by atoms with Crippen molar-refractivity contribution < 1.29 is 17.9 Å². The van der Waals surface area contributed by atoms with Gasteiger partial charge in [-0.15, -0.1) is 0 Å². The highest BCUT2D eigenvalue weighted by Crippen LogP contribution is 2.36. The molecule has 7 heteroatoms. The third-order valence-corrected chi connectivity index (χ3v) is 6.19. The van der Waals surface area contributed by atoms with Crippen LogP contribution in [0.2, 0.25) is 0 Å². The predicted octanol–water partition coefficient (Wildman–Crippen LogP) is 6.89. The second-order valence-corrected chi connectivity index (χ2v) is 9.88. The zero-order valence-electron chi connectivity index (χ0n) is 20.9. The van der Waals surface area contributed by atoms with E-state index in [-0.39, 0.29) is 11.2 Å². The van der Waals surface area contributed by atoms with Gasteiger partial charge in [0, 0.05) is 7.05 Å². The Morgan fingerprint density at radius 2 is 1.51 bits per heavy atom. The second kappa shape index (κ2) is 8.95. The first kappa shape index (κ1) is 24.6. The molecule has 1 aromatic heterocycles. The van der Waals surface area contributed by atoms with Crippen LogP contribution in [0, 0.1) is 6.92 Å². The number of alkyl halides is 3. The SMILES string of the molecule is COc1cc(C(F)(F)F)cc2c1n(C)c(=Nc1ccc(C(C)(C)C)cc1)n2Cc1ccc(C)cc1. The van der Waals surface area contributed by atoms with Crippen molar-refractivity contribution >= 4 is 16.7 Å². The van der Waals surface area contributed by atoms with Crippen molar-refractivity contribution in [2.75, 3.05) is 7.11 Å². The molecule has 184 valence electrons. The van der Waals surface area contributed by atoms with E-state index in [4.69, 9.17) is 9.73 Å². The molecule has 0 amide bonds. The molecule has 0 atom stereocenters. The minimum atomic E-state index is -4.50. The van der Waals surface area contributed by atoms with E-state index in [0.717, 1.165) is 22.9 Å². The maximum atomic E-state index is 13.7. The fourth-order valence-corrected chi connectivity index (χ4v) is 4.16. The molecule has 0 radical (unpaired) electrons. The highest BCUT2D eigenvalue weighted by Gasteiger charge is 2.33. The molecule has 0 spiro atoms. The molecule has 0 aliphatic rings. The van der Waals surface area contributed by atoms with Crippen LogP contribution in [0.25, 0.3) is 11.0 Å². The van der Waals surface area contributed by atoms with Crippen molar-refractivity contribution in [2.24, 2.45) is 12.0 Å². The molecule has 0 aliphatic carbocycles. The molecule has 0 aliphatic heterocycles. The summed E-state index contributed by atoms with van der Waals surface area (Å²) in [5.41, 5.74) is 4.71. The molecule has 4 aromatic rings. The Labute approximate surface area is 203 Å². The minimum Gasteiger partial charge on any atom is -0.494 e. The zero-order chi connectivity index (χ0) is 25.5. The van der Waals surface area contributed by atoms with E-state index in [1.165, 1.54) is 18.7 Å². The van der Waals surface area contributed by atoms with Gasteiger partial charge in [-0.1, -0.05) is 62.7 Å². The summed E-state index contributed by atoms with van der Waals surface area (Å²) in [6, 6.07) is 18.1. The number of hydrogen-bond donors (Lipinski definition) is 0. The summed E-state index contributed by atoms with van der Waals surface area (Å²) in [5, 5.41) is 0. The Morgan fingerprint density at radius 1 is 0.886 bits per heavy atom. The van der Waals surface area contributed by atoms with Crippen molar-refractivity contribution in [3.63, 3.8) is 0 Å². The van der Waals surface area contributed by atoms with Crippen LogP contribution in [0.1, 0.15) is 43.0 Å². The summed E-state index contributed by atoms with van der Waals surface area (Å²) < 4.78 is 50.2. The number of benzene rings is 3. The van der Waals surface area contributed by atoms with Gasteiger partial charge in [0.2, 0.25) is 5.62 Å². The van der Waals surface area contributed by atoms with E-state index in [0.29, 0.717) is 23.2 Å². The zero-order valence-corrected chi connectivity index (χ0v) is 20.9. The maximum Gasteiger partial charge on any atom is 0.416 e. The van der Waals surface area contributed by atoms with Gasteiger partial charge < -0.3 is 13.9 Å². The van der Waals surface area contributed by atoms with Gasteiger partial charge in [0.25, 0.3) is 0 Å². The molecule has 0 bridgehead atoms. The molecular formula is C28H30F3N3O. The summed E-state index contributed by atoms with van der Waals surface area (Å²) in [5.74, 6) is 0.152. The normalized spacial score (nSPS) is 13.0. The van der Waals surface area contributed by atoms with E-state index in [9.17, 15) is 13.2 Å². The molecule has 4 nitrogen and oxygen atoms in total. The molecule has 0 N–H and O–H groups in total. The van der Waals surface area contributed by atoms with Gasteiger partial charge in [0.05, 0.1) is 30.4 Å². The Hall–Kier alpha value is -3.48. The Morgan fingerprint density at radius 3 is 2.06 bits per heavy atom. The van der Waals surface area contributed by atoms with Gasteiger partial charge in [-0.05, 0) is 47.7 Å². The smallest absolute Gasteiger partial charge is 0.416 e. The maximum absolute atomic E-state index is 13.7. The summed E-state index contributed by atoms with van der Waals surface area (Å²) in [4.78, 5) is 4.87. The number of aryl methyl sites for hydroxylation is 2. The third-order valence-electron chi connectivity index (χ3n) is 6.19. The summed E-state index contributed by atoms with van der Waals surface area (Å²) in [6.45, 7) is 8.79. The number of nitrogens with zero attached hydrogens (tertiary/aromatic N) is 3. The van der Waals surface area contributed by atoms with Crippen molar-refractivity contribution in [3.8, 4) is 5.75 Å². The molecule has 4 rings (SSSR count). The average molecular weight is 482 g/mol. The average Bonchev–Trinajstić information content (AvgIpc) is 3.05. The number of halogens is 3. The van der Waals surface area contributed by atoms with Crippen molar-refractivity contribution in [3.05, 3.63) is 88.5 Å². The van der Waals surface area contributed by atoms with Gasteiger partial charge in [0.15, 0.2) is 0 Å². The summed E-state index contributed by atoms with van der Waals surface area (Å²) in [7, 11) is 3.18. The van der Waals surface area contributed by atoms with Crippen LogP contribution in [0.5, 0.6) is 5.75 Å². The molecular weight excluding hydrogens is 451 g/mol. The van der Waals surface area contributed by atoms with Gasteiger partial charge in [-0.25, -0.2) is 4.99 Å². The number of imidazole rings is 1. The van der Waals surface area contributed by atoms with Crippen LogP contribution in [0.15, 0.2) is 65.7 Å². The molecule has 1 heterocycles. The van der Waals surface area contributed by atoms with Crippen molar-refractivity contribution in [1.29, 1.82) is 0 Å². The van der Waals surface area contributed by atoms with Crippen LogP contribution in [-0.4, -0.2) is 16.2 Å². The predicted molar refractivity (Wildman–Crippen MR) is 133 cm³/mol. The van der Waals surface area contributed by atoms with Crippen LogP contribution < -0.4 is 10.4 Å². The number of fused-ring (bicyclic) bond motifs is 1. The fourth-order valence-electron chi connectivity index (χ4n) is 4.16. The minimum absolute atomic E-state index is 0.00486. The van der Waals surface area contributed by atoms with Gasteiger partial charge in [-0.2, -0.15) is 13.2 Å². The van der Waals surface area contributed by atoms with Gasteiger partial charge >= 0.3 is 6.18 Å². The van der Waals surface area contributed by atoms with E-state index in [1.54, 1.807) is 11.6 Å². The highest BCUT2D eigenvalue weighted by molar-refractivity contribution is 5.84. The first-order chi connectivity index (χ1) is 16.4. The topological polar surface area (TPSA) is 31.4 Å². The molecule has 0 saturated carbocycles. The molecule has 0 unspecified atom stereocenters. The van der Waals surface area contributed by atoms with E-state index >= 15 is 0 Å². The van der Waals surface area contributed by atoms with Crippen LogP contribution in [0.3, 0.4) is 0 Å². The van der Waals surface area contributed by atoms with Crippen molar-refractivity contribution in [1.82, 2.24) is 9.13 Å². The lowest BCUT2D eigenvalue weighted by atomic mass is 9.87. The molecule has 0 saturated heterocycles. The van der Waals surface area contributed by atoms with Gasteiger partial charge in [-0.3, -0.25) is 0 Å². The Bertz CT molecular complexity index is 1420. The molecule has 0 fully saturated rings. The fraction of sp³-hybridized carbons (Fsp3) is 0.321. The quantitative estimate of drug-likeness (QED) is 0.312. The van der Waals surface area contributed by atoms with Crippen LogP contribution >= 0.6 is 0 Å². The van der Waals surface area contributed by atoms with Crippen molar-refractivity contribution in [2.45, 2.75) is 45.8 Å². The highest BCUT2D eigenvalue weighted by atomic mass is 19.4. The van der Waals surface area contributed by atoms with Gasteiger partial charge in [0.1, 0.15) is 11.3 Å². The Kier molecular flexibility index (Phi) is 6.30. The van der Waals surface area contributed by atoms with E-state index in [2.05, 4.69) is 20.8 Å². The standard InChI is InChI=1S/C28H30F3N3O/c1-18-7-9-19(10-8-18)17-34-23-15-21(28(29,30)31)16-24(35-6)25(23)33(5)26(34)32-22-13-11-20(12-14-22)27(2,3)4/h7-16H,17H2,1-6H3. The first-order valence-electron chi connectivity index (χ1n) is 11.4. The summed E-state index contributed by atoms with van der Waals surface area (Å²) >= 11 is 0. The first-order valence-corrected chi connectivity index (χ1v) is 11.4. The largest absolute Gasteiger partial charge is 0.494 e. The van der Waals surface area contributed by atoms with Crippen LogP contribution in [-0.2, 0) is 25.2 Å². The summed E-state index contributed by atoms with van der Waals surface area (Å²) in [6.07, 6.45) is -4.50. The number of rotatable bonds is 4. The number of aromatic nitrogens is 2. The lowest BCUT2D eigenvalue weighted by molar-refractivity contribution is -0.137. The lowest BCUT2D eigenvalue weighted by Gasteiger charge is -2.18. The third kappa shape index (κ3) is 4.99. The van der Waals surface area contributed by atoms with Crippen LogP contribution in [0.4, 0.5) is 18.9 Å². The monoisotopic (exact) mass is 481 g/mol.